The van der Waals surface area contributed by atoms with Crippen molar-refractivity contribution >= 4 is 23.2 Å². The molecule has 0 fully saturated rings. The minimum absolute atomic E-state index is 0.323. The molecule has 0 spiro atoms. The molecule has 1 aromatic carbocycles. The third-order valence-electron chi connectivity index (χ3n) is 3.15. The molecule has 0 amide bonds. The molecule has 1 aromatic heterocycles. The minimum Gasteiger partial charge on any atom is -0.300 e. The number of halogens is 10. The second-order valence-electron chi connectivity index (χ2n) is 4.90. The van der Waals surface area contributed by atoms with Gasteiger partial charge in [0, 0.05) is 6.20 Å². The number of rotatable bonds is 2. The van der Waals surface area contributed by atoms with Gasteiger partial charge in [-0.05, 0) is 19.1 Å². The third-order valence-corrected chi connectivity index (χ3v) is 3.72. The molecule has 0 unspecified atom stereocenters. The molecular weight excluding hydrogens is 407 g/mol. The largest absolute Gasteiger partial charge is 0.459 e. The Hall–Kier alpha value is -1.55. The maximum Gasteiger partial charge on any atom is 0.459 e. The standard InChI is InChI=1S/C13H6Cl2F8N2/c1-5-24-9(11(16,17)13(21,22)23)4-25(5)10-7(14)2-6(3-8(10)15)12(18,19)20/h2-4H,1H3. The van der Waals surface area contributed by atoms with Crippen LogP contribution < -0.4 is 0 Å². The Balaban J connectivity index is 2.62. The predicted octanol–water partition coefficient (Wildman–Crippen LogP) is 6.16. The smallest absolute Gasteiger partial charge is 0.300 e. The highest BCUT2D eigenvalue weighted by Gasteiger charge is 2.60. The SMILES string of the molecule is Cc1nc(C(F)(F)C(F)(F)F)cn1-c1c(Cl)cc(C(F)(F)F)cc1Cl. The lowest BCUT2D eigenvalue weighted by Gasteiger charge is -2.17. The number of aryl methyl sites for hydroxylation is 1. The fraction of sp³-hybridized carbons (Fsp3) is 0.308. The molecule has 138 valence electrons. The van der Waals surface area contributed by atoms with Crippen LogP contribution in [0.5, 0.6) is 0 Å². The quantitative estimate of drug-likeness (QED) is 0.540. The molecule has 2 rings (SSSR count). The van der Waals surface area contributed by atoms with Crippen molar-refractivity contribution < 1.29 is 35.1 Å². The first-order valence-electron chi connectivity index (χ1n) is 6.24. The zero-order valence-electron chi connectivity index (χ0n) is 11.9. The summed E-state index contributed by atoms with van der Waals surface area (Å²) >= 11 is 11.4. The van der Waals surface area contributed by atoms with Gasteiger partial charge < -0.3 is 4.57 Å². The Kier molecular flexibility index (Phi) is 4.75. The van der Waals surface area contributed by atoms with Gasteiger partial charge in [0.2, 0.25) is 0 Å². The maximum absolute atomic E-state index is 13.4. The van der Waals surface area contributed by atoms with Crippen molar-refractivity contribution in [2.75, 3.05) is 0 Å². The zero-order valence-corrected chi connectivity index (χ0v) is 13.4. The summed E-state index contributed by atoms with van der Waals surface area (Å²) < 4.78 is 103. The second-order valence-corrected chi connectivity index (χ2v) is 5.72. The molecule has 0 radical (unpaired) electrons. The second kappa shape index (κ2) is 6.01. The number of hydrogen-bond acceptors (Lipinski definition) is 1. The average molecular weight is 413 g/mol. The summed E-state index contributed by atoms with van der Waals surface area (Å²) in [7, 11) is 0. The molecule has 0 saturated heterocycles. The van der Waals surface area contributed by atoms with E-state index in [1.165, 1.54) is 0 Å². The average Bonchev–Trinajstić information content (AvgIpc) is 2.78. The van der Waals surface area contributed by atoms with Crippen LogP contribution >= 0.6 is 23.2 Å². The van der Waals surface area contributed by atoms with Gasteiger partial charge >= 0.3 is 18.3 Å². The van der Waals surface area contributed by atoms with Gasteiger partial charge in [-0.25, -0.2) is 4.98 Å². The van der Waals surface area contributed by atoms with Gasteiger partial charge in [0.15, 0.2) is 0 Å². The summed E-state index contributed by atoms with van der Waals surface area (Å²) in [6.45, 7) is 1.07. The first-order chi connectivity index (χ1) is 11.2. The van der Waals surface area contributed by atoms with E-state index < -0.39 is 45.3 Å². The molecule has 0 aliphatic rings. The number of hydrogen-bond donors (Lipinski definition) is 0. The van der Waals surface area contributed by atoms with Crippen LogP contribution in [0.25, 0.3) is 5.69 Å². The van der Waals surface area contributed by atoms with Crippen molar-refractivity contribution in [2.24, 2.45) is 0 Å². The Morgan fingerprint density at radius 2 is 1.40 bits per heavy atom. The Labute approximate surface area is 145 Å². The van der Waals surface area contributed by atoms with Crippen molar-refractivity contribution in [2.45, 2.75) is 25.2 Å². The van der Waals surface area contributed by atoms with Crippen LogP contribution in [-0.4, -0.2) is 15.7 Å². The number of imidazole rings is 1. The van der Waals surface area contributed by atoms with E-state index in [1.807, 2.05) is 0 Å². The molecule has 12 heteroatoms. The van der Waals surface area contributed by atoms with Gasteiger partial charge in [-0.15, -0.1) is 0 Å². The van der Waals surface area contributed by atoms with E-state index in [0.29, 0.717) is 22.9 Å². The topological polar surface area (TPSA) is 17.8 Å². The summed E-state index contributed by atoms with van der Waals surface area (Å²) in [6, 6.07) is 0.952. The van der Waals surface area contributed by atoms with E-state index in [-0.39, 0.29) is 5.82 Å². The summed E-state index contributed by atoms with van der Waals surface area (Å²) in [4.78, 5) is 3.13. The van der Waals surface area contributed by atoms with Crippen molar-refractivity contribution in [1.29, 1.82) is 0 Å². The summed E-state index contributed by atoms with van der Waals surface area (Å²) in [5.74, 6) is -5.63. The van der Waals surface area contributed by atoms with Crippen molar-refractivity contribution in [3.63, 3.8) is 0 Å². The van der Waals surface area contributed by atoms with Crippen LogP contribution in [0, 0.1) is 6.92 Å². The van der Waals surface area contributed by atoms with Gasteiger partial charge in [0.25, 0.3) is 0 Å². The number of nitrogens with zero attached hydrogens (tertiary/aromatic N) is 2. The zero-order chi connectivity index (χ0) is 19.4. The van der Waals surface area contributed by atoms with Crippen LogP contribution in [0.3, 0.4) is 0 Å². The van der Waals surface area contributed by atoms with E-state index >= 15 is 0 Å². The Morgan fingerprint density at radius 3 is 1.80 bits per heavy atom. The lowest BCUT2D eigenvalue weighted by atomic mass is 10.2. The molecule has 0 aliphatic carbocycles. The van der Waals surface area contributed by atoms with Gasteiger partial charge in [-0.3, -0.25) is 0 Å². The summed E-state index contributed by atoms with van der Waals surface area (Å²) in [5, 5.41) is -1.19. The molecule has 0 saturated carbocycles. The molecule has 1 heterocycles. The van der Waals surface area contributed by atoms with Crippen LogP contribution in [0.1, 0.15) is 17.1 Å². The predicted molar refractivity (Wildman–Crippen MR) is 73.3 cm³/mol. The maximum atomic E-state index is 13.4. The van der Waals surface area contributed by atoms with Crippen molar-refractivity contribution in [1.82, 2.24) is 9.55 Å². The lowest BCUT2D eigenvalue weighted by Crippen LogP contribution is -2.34. The molecule has 2 nitrogen and oxygen atoms in total. The third kappa shape index (κ3) is 3.55. The highest BCUT2D eigenvalue weighted by molar-refractivity contribution is 6.37. The summed E-state index contributed by atoms with van der Waals surface area (Å²) in [5.41, 5.74) is -3.24. The number of alkyl halides is 8. The lowest BCUT2D eigenvalue weighted by molar-refractivity contribution is -0.290. The van der Waals surface area contributed by atoms with Gasteiger partial charge in [-0.1, -0.05) is 23.2 Å². The first kappa shape index (κ1) is 19.8. The highest BCUT2D eigenvalue weighted by atomic mass is 35.5. The molecule has 25 heavy (non-hydrogen) atoms. The van der Waals surface area contributed by atoms with Crippen LogP contribution in [0.2, 0.25) is 10.0 Å². The van der Waals surface area contributed by atoms with Gasteiger partial charge in [-0.2, -0.15) is 35.1 Å². The van der Waals surface area contributed by atoms with E-state index in [1.54, 1.807) is 0 Å². The molecule has 0 atom stereocenters. The van der Waals surface area contributed by atoms with Crippen molar-refractivity contribution in [3.8, 4) is 5.69 Å². The fourth-order valence-electron chi connectivity index (χ4n) is 1.95. The van der Waals surface area contributed by atoms with Gasteiger partial charge in [0.05, 0.1) is 21.3 Å². The van der Waals surface area contributed by atoms with E-state index in [2.05, 4.69) is 4.98 Å². The van der Waals surface area contributed by atoms with Crippen molar-refractivity contribution in [3.05, 3.63) is 45.5 Å². The number of benzene rings is 1. The molecule has 0 bridgehead atoms. The van der Waals surface area contributed by atoms with E-state index in [9.17, 15) is 35.1 Å². The fourth-order valence-corrected chi connectivity index (χ4v) is 2.62. The summed E-state index contributed by atoms with van der Waals surface area (Å²) in [6.07, 6.45) is -10.3. The molecule has 0 aliphatic heterocycles. The first-order valence-corrected chi connectivity index (χ1v) is 6.99. The monoisotopic (exact) mass is 412 g/mol. The number of aromatic nitrogens is 2. The highest BCUT2D eigenvalue weighted by Crippen LogP contribution is 2.44. The Morgan fingerprint density at radius 1 is 0.920 bits per heavy atom. The molecule has 0 N–H and O–H groups in total. The van der Waals surface area contributed by atoms with Crippen LogP contribution in [-0.2, 0) is 12.1 Å². The van der Waals surface area contributed by atoms with E-state index in [0.717, 1.165) is 6.92 Å². The van der Waals surface area contributed by atoms with Gasteiger partial charge in [0.1, 0.15) is 11.5 Å². The molecule has 2 aromatic rings. The molecular formula is C13H6Cl2F8N2. The Bertz CT molecular complexity index is 784. The van der Waals surface area contributed by atoms with E-state index in [4.69, 9.17) is 23.2 Å². The normalized spacial score (nSPS) is 13.4. The minimum atomic E-state index is -5.90. The van der Waals surface area contributed by atoms with Crippen LogP contribution in [0.4, 0.5) is 35.1 Å². The van der Waals surface area contributed by atoms with Crippen LogP contribution in [0.15, 0.2) is 18.3 Å².